The Morgan fingerprint density at radius 1 is 1.69 bits per heavy atom. The number of hydrogen-bond acceptors (Lipinski definition) is 4. The molecule has 1 atom stereocenters. The van der Waals surface area contributed by atoms with Crippen LogP contribution >= 0.6 is 39.5 Å². The highest BCUT2D eigenvalue weighted by molar-refractivity contribution is 9.10. The van der Waals surface area contributed by atoms with Crippen molar-refractivity contribution in [3.8, 4) is 0 Å². The molecule has 0 spiro atoms. The maximum absolute atomic E-state index is 12.2. The van der Waals surface area contributed by atoms with E-state index in [1.807, 2.05) is 0 Å². The van der Waals surface area contributed by atoms with Crippen LogP contribution < -0.4 is 5.73 Å². The molecule has 8 heteroatoms. The molecular weight excluding hydrogens is 332 g/mol. The van der Waals surface area contributed by atoms with Crippen LogP contribution in [0.2, 0.25) is 0 Å². The van der Waals surface area contributed by atoms with Crippen LogP contribution in [0.15, 0.2) is 20.1 Å². The number of halogens is 1. The van der Waals surface area contributed by atoms with Gasteiger partial charge in [0, 0.05) is 11.5 Å². The van der Waals surface area contributed by atoms with E-state index in [2.05, 4.69) is 15.9 Å². The van der Waals surface area contributed by atoms with Gasteiger partial charge in [0.2, 0.25) is 0 Å². The fraction of sp³-hybridized carbons (Fsp3) is 0.375. The smallest absolute Gasteiger partial charge is 0.254 e. The van der Waals surface area contributed by atoms with Gasteiger partial charge in [0.05, 0.1) is 11.0 Å². The topological polar surface area (TPSA) is 63.4 Å². The van der Waals surface area contributed by atoms with Crippen LogP contribution in [-0.2, 0) is 10.0 Å². The van der Waals surface area contributed by atoms with Gasteiger partial charge >= 0.3 is 0 Å². The lowest BCUT2D eigenvalue weighted by Crippen LogP contribution is -2.42. The second-order valence-corrected chi connectivity index (χ2v) is 7.59. The predicted octanol–water partition coefficient (Wildman–Crippen LogP) is 1.81. The Hall–Kier alpha value is -0.0200. The summed E-state index contributed by atoms with van der Waals surface area (Å²) in [7, 11) is -2.07. The van der Waals surface area contributed by atoms with Gasteiger partial charge in [-0.05, 0) is 34.3 Å². The van der Waals surface area contributed by atoms with Gasteiger partial charge in [-0.2, -0.15) is 4.31 Å². The van der Waals surface area contributed by atoms with Gasteiger partial charge in [-0.15, -0.1) is 11.3 Å². The minimum Gasteiger partial charge on any atom is -0.392 e. The van der Waals surface area contributed by atoms with Crippen molar-refractivity contribution >= 4 is 54.5 Å². The second-order valence-electron chi connectivity index (χ2n) is 3.16. The van der Waals surface area contributed by atoms with Crippen molar-refractivity contribution in [3.63, 3.8) is 0 Å². The highest BCUT2D eigenvalue weighted by Gasteiger charge is 2.29. The molecule has 90 valence electrons. The van der Waals surface area contributed by atoms with Crippen molar-refractivity contribution in [2.45, 2.75) is 17.2 Å². The molecule has 0 aliphatic heterocycles. The molecule has 0 fully saturated rings. The zero-order chi connectivity index (χ0) is 12.5. The SMILES string of the molecule is CC(C(N)=S)N(C)S(=O)(=O)c1sccc1Br. The molecule has 0 radical (unpaired) electrons. The van der Waals surface area contributed by atoms with Crippen molar-refractivity contribution in [2.75, 3.05) is 7.05 Å². The van der Waals surface area contributed by atoms with E-state index in [1.54, 1.807) is 18.4 Å². The summed E-state index contributed by atoms with van der Waals surface area (Å²) in [6.45, 7) is 1.65. The van der Waals surface area contributed by atoms with E-state index in [4.69, 9.17) is 18.0 Å². The molecule has 0 saturated carbocycles. The average Bonchev–Trinajstić information content (AvgIpc) is 2.62. The lowest BCUT2D eigenvalue weighted by molar-refractivity contribution is 0.453. The summed E-state index contributed by atoms with van der Waals surface area (Å²) in [6.07, 6.45) is 0. The van der Waals surface area contributed by atoms with Crippen molar-refractivity contribution < 1.29 is 8.42 Å². The first-order chi connectivity index (χ1) is 7.28. The number of likely N-dealkylation sites (N-methyl/N-ethyl adjacent to an activating group) is 1. The third-order valence-electron chi connectivity index (χ3n) is 2.16. The van der Waals surface area contributed by atoms with Crippen molar-refractivity contribution in [1.29, 1.82) is 0 Å². The van der Waals surface area contributed by atoms with E-state index < -0.39 is 16.1 Å². The number of thiophene rings is 1. The largest absolute Gasteiger partial charge is 0.392 e. The van der Waals surface area contributed by atoms with Crippen molar-refractivity contribution in [1.82, 2.24) is 4.31 Å². The van der Waals surface area contributed by atoms with E-state index in [-0.39, 0.29) is 9.20 Å². The lowest BCUT2D eigenvalue weighted by atomic mass is 10.3. The van der Waals surface area contributed by atoms with Crippen LogP contribution in [0, 0.1) is 0 Å². The van der Waals surface area contributed by atoms with Crippen LogP contribution in [-0.4, -0.2) is 30.8 Å². The van der Waals surface area contributed by atoms with Gasteiger partial charge in [-0.1, -0.05) is 12.2 Å². The Labute approximate surface area is 113 Å². The van der Waals surface area contributed by atoms with Crippen LogP contribution in [0.25, 0.3) is 0 Å². The molecular formula is C8H11BrN2O2S3. The third-order valence-corrected chi connectivity index (χ3v) is 7.07. The number of nitrogens with two attached hydrogens (primary N) is 1. The molecule has 2 N–H and O–H groups in total. The lowest BCUT2D eigenvalue weighted by Gasteiger charge is -2.22. The van der Waals surface area contributed by atoms with Crippen molar-refractivity contribution in [3.05, 3.63) is 15.9 Å². The van der Waals surface area contributed by atoms with E-state index in [0.717, 1.165) is 11.3 Å². The Kier molecular flexibility index (Phi) is 4.47. The number of sulfonamides is 1. The summed E-state index contributed by atoms with van der Waals surface area (Å²) < 4.78 is 26.3. The summed E-state index contributed by atoms with van der Waals surface area (Å²) in [5.41, 5.74) is 5.44. The molecule has 0 aromatic carbocycles. The zero-order valence-corrected chi connectivity index (χ0v) is 12.7. The zero-order valence-electron chi connectivity index (χ0n) is 8.68. The first kappa shape index (κ1) is 14.0. The van der Waals surface area contributed by atoms with Crippen LogP contribution in [0.1, 0.15) is 6.92 Å². The molecule has 16 heavy (non-hydrogen) atoms. The Balaban J connectivity index is 3.13. The third kappa shape index (κ3) is 2.62. The van der Waals surface area contributed by atoms with Gasteiger partial charge in [0.1, 0.15) is 4.21 Å². The molecule has 0 aliphatic rings. The molecule has 0 aliphatic carbocycles. The van der Waals surface area contributed by atoms with E-state index in [0.29, 0.717) is 4.47 Å². The minimum absolute atomic E-state index is 0.152. The normalized spacial score (nSPS) is 14.0. The summed E-state index contributed by atoms with van der Waals surface area (Å²) in [5, 5.41) is 1.70. The summed E-state index contributed by atoms with van der Waals surface area (Å²) in [6, 6.07) is 1.19. The van der Waals surface area contributed by atoms with E-state index in [1.165, 1.54) is 11.4 Å². The summed E-state index contributed by atoms with van der Waals surface area (Å²) in [4.78, 5) is 0.152. The van der Waals surface area contributed by atoms with E-state index >= 15 is 0 Å². The first-order valence-electron chi connectivity index (χ1n) is 4.29. The van der Waals surface area contributed by atoms with Crippen LogP contribution in [0.3, 0.4) is 0 Å². The molecule has 0 bridgehead atoms. The number of rotatable bonds is 4. The monoisotopic (exact) mass is 342 g/mol. The van der Waals surface area contributed by atoms with E-state index in [9.17, 15) is 8.42 Å². The Bertz CT molecular complexity index is 497. The number of nitrogens with zero attached hydrogens (tertiary/aromatic N) is 1. The predicted molar refractivity (Wildman–Crippen MR) is 73.2 cm³/mol. The number of thiocarbonyl (C=S) groups is 1. The van der Waals surface area contributed by atoms with Gasteiger partial charge < -0.3 is 5.73 Å². The quantitative estimate of drug-likeness (QED) is 0.847. The number of hydrogen-bond donors (Lipinski definition) is 1. The molecule has 0 saturated heterocycles. The average molecular weight is 343 g/mol. The Morgan fingerprint density at radius 3 is 2.62 bits per heavy atom. The fourth-order valence-corrected chi connectivity index (χ4v) is 5.03. The van der Waals surface area contributed by atoms with Gasteiger partial charge in [-0.25, -0.2) is 8.42 Å². The van der Waals surface area contributed by atoms with Gasteiger partial charge in [0.25, 0.3) is 10.0 Å². The highest BCUT2D eigenvalue weighted by Crippen LogP contribution is 2.30. The van der Waals surface area contributed by atoms with Gasteiger partial charge in [0.15, 0.2) is 0 Å². The maximum atomic E-state index is 12.2. The fourth-order valence-electron chi connectivity index (χ4n) is 0.982. The highest BCUT2D eigenvalue weighted by atomic mass is 79.9. The molecule has 0 amide bonds. The van der Waals surface area contributed by atoms with Gasteiger partial charge in [-0.3, -0.25) is 0 Å². The Morgan fingerprint density at radius 2 is 2.25 bits per heavy atom. The summed E-state index contributed by atoms with van der Waals surface area (Å²) in [5.74, 6) is 0. The van der Waals surface area contributed by atoms with Crippen molar-refractivity contribution in [2.24, 2.45) is 5.73 Å². The molecule has 1 unspecified atom stereocenters. The minimum atomic E-state index is -3.53. The van der Waals surface area contributed by atoms with Crippen LogP contribution in [0.5, 0.6) is 0 Å². The molecule has 1 rings (SSSR count). The summed E-state index contributed by atoms with van der Waals surface area (Å²) >= 11 is 9.14. The standard InChI is InChI=1S/C8H11BrN2O2S3/c1-5(7(10)14)11(2)16(12,13)8-6(9)3-4-15-8/h3-5H,1-2H3,(H2,10,14). The second kappa shape index (κ2) is 5.09. The molecule has 1 aromatic rings. The molecule has 4 nitrogen and oxygen atoms in total. The van der Waals surface area contributed by atoms with Crippen LogP contribution in [0.4, 0.5) is 0 Å². The molecule has 1 heterocycles. The molecule has 1 aromatic heterocycles. The first-order valence-corrected chi connectivity index (χ1v) is 7.81. The maximum Gasteiger partial charge on any atom is 0.254 e.